The zero-order chi connectivity index (χ0) is 24.3. The number of aryl methyl sites for hydroxylation is 1. The van der Waals surface area contributed by atoms with Crippen molar-refractivity contribution in [1.82, 2.24) is 5.32 Å². The number of rotatable bonds is 7. The fraction of sp³-hybridized carbons (Fsp3) is 0.259. The van der Waals surface area contributed by atoms with Gasteiger partial charge in [0.15, 0.2) is 5.43 Å². The molecule has 0 aliphatic heterocycles. The monoisotopic (exact) mass is 449 g/mol. The predicted molar refractivity (Wildman–Crippen MR) is 130 cm³/mol. The molecule has 1 aromatic carbocycles. The Morgan fingerprint density at radius 3 is 2.70 bits per heavy atom. The molecule has 2 aromatic rings. The summed E-state index contributed by atoms with van der Waals surface area (Å²) in [6.45, 7) is 10.8. The number of halogens is 1. The molecular formula is C27H28FNO4. The Kier molecular flexibility index (Phi) is 7.16. The van der Waals surface area contributed by atoms with Crippen molar-refractivity contribution in [2.75, 3.05) is 0 Å². The first-order chi connectivity index (χ1) is 15.6. The van der Waals surface area contributed by atoms with Crippen LogP contribution in [0.1, 0.15) is 55.2 Å². The van der Waals surface area contributed by atoms with Crippen molar-refractivity contribution in [2.45, 2.75) is 46.6 Å². The molecule has 172 valence electrons. The third kappa shape index (κ3) is 4.90. The fourth-order valence-electron chi connectivity index (χ4n) is 3.84. The smallest absolute Gasteiger partial charge is 0.337 e. The summed E-state index contributed by atoms with van der Waals surface area (Å²) in [4.78, 5) is 24.7. The van der Waals surface area contributed by atoms with Crippen LogP contribution in [0.4, 0.5) is 4.39 Å². The number of carbonyl (C=O) groups is 1. The quantitative estimate of drug-likeness (QED) is 0.389. The highest BCUT2D eigenvalue weighted by molar-refractivity contribution is 5.91. The molecule has 1 aromatic heterocycles. The van der Waals surface area contributed by atoms with Crippen LogP contribution in [0.2, 0.25) is 0 Å². The molecule has 1 atom stereocenters. The van der Waals surface area contributed by atoms with Crippen LogP contribution < -0.4 is 10.7 Å². The van der Waals surface area contributed by atoms with Gasteiger partial charge < -0.3 is 14.8 Å². The van der Waals surface area contributed by atoms with Crippen molar-refractivity contribution in [3.8, 4) is 0 Å². The lowest BCUT2D eigenvalue weighted by molar-refractivity contribution is -0.132. The lowest BCUT2D eigenvalue weighted by Gasteiger charge is -2.21. The predicted octanol–water partition coefficient (Wildman–Crippen LogP) is 6.19. The average molecular weight is 450 g/mol. The third-order valence-electron chi connectivity index (χ3n) is 5.62. The molecule has 0 radical (unpaired) electrons. The van der Waals surface area contributed by atoms with Gasteiger partial charge in [-0.05, 0) is 51.8 Å². The van der Waals surface area contributed by atoms with Crippen LogP contribution in [-0.2, 0) is 4.79 Å². The number of allylic oxidation sites excluding steroid dienone is 7. The Hall–Kier alpha value is -3.67. The second-order valence-electron chi connectivity index (χ2n) is 8.13. The molecule has 0 bridgehead atoms. The maximum Gasteiger partial charge on any atom is 0.337 e. The van der Waals surface area contributed by atoms with Gasteiger partial charge in [-0.25, -0.2) is 9.18 Å². The first-order valence-electron chi connectivity index (χ1n) is 10.8. The summed E-state index contributed by atoms with van der Waals surface area (Å²) < 4.78 is 20.8. The van der Waals surface area contributed by atoms with Gasteiger partial charge in [0.2, 0.25) is 0 Å². The van der Waals surface area contributed by atoms with Gasteiger partial charge in [-0.3, -0.25) is 4.79 Å². The van der Waals surface area contributed by atoms with Crippen LogP contribution in [0.5, 0.6) is 0 Å². The van der Waals surface area contributed by atoms with E-state index in [1.54, 1.807) is 37.3 Å². The lowest BCUT2D eigenvalue weighted by Crippen LogP contribution is -2.22. The Morgan fingerprint density at radius 1 is 1.33 bits per heavy atom. The summed E-state index contributed by atoms with van der Waals surface area (Å²) in [5.41, 5.74) is 2.52. The number of fused-ring (bicyclic) bond motifs is 1. The van der Waals surface area contributed by atoms with Crippen molar-refractivity contribution in [2.24, 2.45) is 0 Å². The van der Waals surface area contributed by atoms with Gasteiger partial charge in [0.25, 0.3) is 0 Å². The minimum Gasteiger partial charge on any atom is -0.478 e. The molecule has 6 heteroatoms. The Bertz CT molecular complexity index is 1310. The number of benzene rings is 1. The number of hydrogen-bond acceptors (Lipinski definition) is 4. The zero-order valence-corrected chi connectivity index (χ0v) is 19.3. The van der Waals surface area contributed by atoms with Gasteiger partial charge in [0.05, 0.1) is 17.0 Å². The van der Waals surface area contributed by atoms with E-state index in [0.717, 1.165) is 5.56 Å². The third-order valence-corrected chi connectivity index (χ3v) is 5.62. The summed E-state index contributed by atoms with van der Waals surface area (Å²) in [6.07, 6.45) is 9.50. The summed E-state index contributed by atoms with van der Waals surface area (Å²) in [7, 11) is 0. The molecule has 2 N–H and O–H groups in total. The highest BCUT2D eigenvalue weighted by Crippen LogP contribution is 2.34. The molecule has 0 saturated heterocycles. The standard InChI is InChI=1S/C27H28FNO4/c1-6-7-12-23(16(3)27(31)32)29-18(5)20-13-15(2)14-21-24(30)17(4)25(33-26(20)21)19-10-8-9-11-22(19)28/h6-8,10,12-14,18,29H,3,9,11H2,1-2,4-5H3,(H,31,32)/b7-6-,23-12+. The normalized spacial score (nSPS) is 15.4. The summed E-state index contributed by atoms with van der Waals surface area (Å²) in [5.74, 6) is -1.23. The molecule has 0 amide bonds. The number of nitrogens with one attached hydrogen (secondary N) is 1. The van der Waals surface area contributed by atoms with Crippen molar-refractivity contribution in [3.05, 3.63) is 98.9 Å². The van der Waals surface area contributed by atoms with E-state index in [0.29, 0.717) is 34.2 Å². The van der Waals surface area contributed by atoms with Crippen LogP contribution >= 0.6 is 0 Å². The van der Waals surface area contributed by atoms with Gasteiger partial charge in [-0.15, -0.1) is 0 Å². The Labute approximate surface area is 192 Å². The van der Waals surface area contributed by atoms with E-state index in [2.05, 4.69) is 11.9 Å². The van der Waals surface area contributed by atoms with Gasteiger partial charge in [0.1, 0.15) is 17.2 Å². The SMILES string of the molecule is C=C(C(=O)O)/C(=C\C=C/C)NC(C)c1cc(C)cc2c(=O)c(C)c(C3=C(F)CCC=C3)oc12. The van der Waals surface area contributed by atoms with E-state index in [9.17, 15) is 19.1 Å². The zero-order valence-electron chi connectivity index (χ0n) is 19.3. The number of carboxylic acid groups (broad SMARTS) is 1. The first kappa shape index (κ1) is 24.0. The molecule has 0 fully saturated rings. The first-order valence-corrected chi connectivity index (χ1v) is 10.8. The Morgan fingerprint density at radius 2 is 2.06 bits per heavy atom. The van der Waals surface area contributed by atoms with Crippen molar-refractivity contribution >= 4 is 22.5 Å². The summed E-state index contributed by atoms with van der Waals surface area (Å²) in [5, 5.41) is 13.0. The lowest BCUT2D eigenvalue weighted by atomic mass is 9.96. The molecular weight excluding hydrogens is 421 g/mol. The molecule has 1 unspecified atom stereocenters. The van der Waals surface area contributed by atoms with Crippen LogP contribution in [-0.4, -0.2) is 11.1 Å². The fourth-order valence-corrected chi connectivity index (χ4v) is 3.84. The van der Waals surface area contributed by atoms with Crippen LogP contribution in [0.25, 0.3) is 16.5 Å². The maximum absolute atomic E-state index is 14.6. The molecule has 33 heavy (non-hydrogen) atoms. The average Bonchev–Trinajstić information content (AvgIpc) is 2.78. The molecule has 1 aliphatic rings. The minimum atomic E-state index is -1.14. The molecule has 1 aliphatic carbocycles. The highest BCUT2D eigenvalue weighted by atomic mass is 19.1. The molecule has 3 rings (SSSR count). The number of hydrogen-bond donors (Lipinski definition) is 2. The second-order valence-corrected chi connectivity index (χ2v) is 8.13. The second kappa shape index (κ2) is 9.86. The van der Waals surface area contributed by atoms with E-state index in [1.807, 2.05) is 32.9 Å². The van der Waals surface area contributed by atoms with Crippen molar-refractivity contribution < 1.29 is 18.7 Å². The van der Waals surface area contributed by atoms with Crippen molar-refractivity contribution in [3.63, 3.8) is 0 Å². The van der Waals surface area contributed by atoms with E-state index < -0.39 is 12.0 Å². The van der Waals surface area contributed by atoms with Gasteiger partial charge in [0, 0.05) is 28.8 Å². The molecule has 0 saturated carbocycles. The largest absolute Gasteiger partial charge is 0.478 e. The van der Waals surface area contributed by atoms with Gasteiger partial charge in [-0.2, -0.15) is 0 Å². The van der Waals surface area contributed by atoms with Crippen LogP contribution in [0.3, 0.4) is 0 Å². The van der Waals surface area contributed by atoms with E-state index in [4.69, 9.17) is 4.42 Å². The summed E-state index contributed by atoms with van der Waals surface area (Å²) >= 11 is 0. The van der Waals surface area contributed by atoms with E-state index in [1.165, 1.54) is 0 Å². The van der Waals surface area contributed by atoms with Crippen molar-refractivity contribution in [1.29, 1.82) is 0 Å². The van der Waals surface area contributed by atoms with Crippen LogP contribution in [0.15, 0.2) is 75.4 Å². The maximum atomic E-state index is 14.6. The van der Waals surface area contributed by atoms with Crippen LogP contribution in [0, 0.1) is 13.8 Å². The number of aliphatic carboxylic acids is 1. The minimum absolute atomic E-state index is 0.0885. The van der Waals surface area contributed by atoms with E-state index >= 15 is 0 Å². The highest BCUT2D eigenvalue weighted by Gasteiger charge is 2.22. The Balaban J connectivity index is 2.20. The molecule has 1 heterocycles. The topological polar surface area (TPSA) is 79.5 Å². The molecule has 0 spiro atoms. The summed E-state index contributed by atoms with van der Waals surface area (Å²) in [6, 6.07) is 3.20. The molecule has 5 nitrogen and oxygen atoms in total. The van der Waals surface area contributed by atoms with Gasteiger partial charge in [-0.1, -0.05) is 36.9 Å². The van der Waals surface area contributed by atoms with Gasteiger partial charge >= 0.3 is 5.97 Å². The van der Waals surface area contributed by atoms with E-state index in [-0.39, 0.29) is 34.6 Å². The number of carboxylic acids is 1.